The van der Waals surface area contributed by atoms with Crippen molar-refractivity contribution in [3.63, 3.8) is 0 Å². The first-order valence-corrected chi connectivity index (χ1v) is 9.90. The molecule has 2 rings (SSSR count). The van der Waals surface area contributed by atoms with E-state index in [0.29, 0.717) is 26.1 Å². The number of benzene rings is 1. The van der Waals surface area contributed by atoms with E-state index in [0.717, 1.165) is 6.07 Å². The lowest BCUT2D eigenvalue weighted by atomic mass is 9.74. The Bertz CT molecular complexity index is 754. The molecule has 1 aromatic carbocycles. The number of rotatable bonds is 6. The summed E-state index contributed by atoms with van der Waals surface area (Å²) in [4.78, 5) is 14.7. The van der Waals surface area contributed by atoms with Crippen molar-refractivity contribution in [1.29, 1.82) is 0 Å². The fourth-order valence-corrected chi connectivity index (χ4v) is 4.10. The summed E-state index contributed by atoms with van der Waals surface area (Å²) < 4.78 is 61.1. The maximum atomic E-state index is 14.0. The van der Waals surface area contributed by atoms with Crippen molar-refractivity contribution in [2.75, 3.05) is 39.8 Å². The molecule has 0 radical (unpaired) electrons. The molecule has 1 aliphatic rings. The third-order valence-corrected chi connectivity index (χ3v) is 5.67. The van der Waals surface area contributed by atoms with Crippen molar-refractivity contribution in [3.05, 3.63) is 29.6 Å². The van der Waals surface area contributed by atoms with E-state index in [-0.39, 0.29) is 23.8 Å². The monoisotopic (exact) mass is 434 g/mol. The Morgan fingerprint density at radius 1 is 1.17 bits per heavy atom. The molecule has 1 amide bonds. The maximum absolute atomic E-state index is 14.0. The van der Waals surface area contributed by atoms with Gasteiger partial charge in [0.05, 0.1) is 7.11 Å². The molecule has 1 fully saturated rings. The summed E-state index contributed by atoms with van der Waals surface area (Å²) in [6.07, 6.45) is -5.04. The van der Waals surface area contributed by atoms with Crippen LogP contribution in [0.4, 0.5) is 17.6 Å². The highest BCUT2D eigenvalue weighted by Gasteiger charge is 2.56. The summed E-state index contributed by atoms with van der Waals surface area (Å²) in [5.74, 6) is -0.452. The lowest BCUT2D eigenvalue weighted by Crippen LogP contribution is -2.56. The van der Waals surface area contributed by atoms with Crippen molar-refractivity contribution in [2.24, 2.45) is 0 Å². The van der Waals surface area contributed by atoms with Crippen LogP contribution in [0.15, 0.2) is 18.2 Å². The first-order valence-electron chi connectivity index (χ1n) is 9.90. The van der Waals surface area contributed by atoms with Crippen LogP contribution in [0.5, 0.6) is 5.75 Å². The summed E-state index contributed by atoms with van der Waals surface area (Å²) in [5.41, 5.74) is -3.99. The van der Waals surface area contributed by atoms with E-state index in [9.17, 15) is 27.5 Å². The van der Waals surface area contributed by atoms with Crippen LogP contribution in [0, 0.1) is 5.82 Å². The van der Waals surface area contributed by atoms with Gasteiger partial charge < -0.3 is 14.7 Å². The molecule has 0 aromatic heterocycles. The minimum Gasteiger partial charge on any atom is -0.496 e. The van der Waals surface area contributed by atoms with Crippen molar-refractivity contribution in [2.45, 2.75) is 50.8 Å². The molecule has 1 N–H and O–H groups in total. The van der Waals surface area contributed by atoms with E-state index in [1.54, 1.807) is 4.90 Å². The summed E-state index contributed by atoms with van der Waals surface area (Å²) in [5, 5.41) is 10.8. The van der Waals surface area contributed by atoms with Gasteiger partial charge in [0.25, 0.3) is 0 Å². The summed E-state index contributed by atoms with van der Waals surface area (Å²) in [6, 6.07) is 3.68. The zero-order chi connectivity index (χ0) is 22.7. The van der Waals surface area contributed by atoms with Crippen molar-refractivity contribution in [3.8, 4) is 5.75 Å². The second-order valence-electron chi connectivity index (χ2n) is 8.57. The smallest absolute Gasteiger partial charge is 0.418 e. The molecule has 9 heteroatoms. The molecule has 0 aliphatic carbocycles. The third kappa shape index (κ3) is 5.63. The van der Waals surface area contributed by atoms with Gasteiger partial charge in [-0.1, -0.05) is 13.8 Å². The van der Waals surface area contributed by atoms with Crippen LogP contribution < -0.4 is 4.74 Å². The zero-order valence-electron chi connectivity index (χ0n) is 17.9. The fraction of sp³-hybridized carbons (Fsp3) is 0.667. The molecular weight excluding hydrogens is 404 g/mol. The van der Waals surface area contributed by atoms with Crippen molar-refractivity contribution >= 4 is 5.91 Å². The molecule has 1 heterocycles. The fourth-order valence-electron chi connectivity index (χ4n) is 4.10. The van der Waals surface area contributed by atoms with Crippen molar-refractivity contribution in [1.82, 2.24) is 9.80 Å². The number of aliphatic hydroxyl groups is 1. The molecule has 1 atom stereocenters. The largest absolute Gasteiger partial charge is 0.496 e. The summed E-state index contributed by atoms with van der Waals surface area (Å²) in [6.45, 7) is 5.22. The predicted molar refractivity (Wildman–Crippen MR) is 105 cm³/mol. The number of methoxy groups -OCH3 is 1. The van der Waals surface area contributed by atoms with E-state index in [1.165, 1.54) is 44.9 Å². The highest BCUT2D eigenvalue weighted by molar-refractivity contribution is 5.73. The topological polar surface area (TPSA) is 53.0 Å². The lowest BCUT2D eigenvalue weighted by Gasteiger charge is -2.41. The highest BCUT2D eigenvalue weighted by atomic mass is 19.4. The summed E-state index contributed by atoms with van der Waals surface area (Å²) >= 11 is 0. The number of amides is 1. The van der Waals surface area contributed by atoms with E-state index < -0.39 is 36.0 Å². The minimum atomic E-state index is -4.89. The van der Waals surface area contributed by atoms with E-state index >= 15 is 0 Å². The Hall–Kier alpha value is -1.87. The van der Waals surface area contributed by atoms with Crippen LogP contribution in [0.2, 0.25) is 0 Å². The van der Waals surface area contributed by atoms with E-state index in [4.69, 9.17) is 4.74 Å². The van der Waals surface area contributed by atoms with Crippen LogP contribution in [0.1, 0.15) is 39.2 Å². The molecule has 1 saturated heterocycles. The Morgan fingerprint density at radius 3 is 2.40 bits per heavy atom. The predicted octanol–water partition coefficient (Wildman–Crippen LogP) is 3.35. The molecule has 170 valence electrons. The molecular formula is C21H30F4N2O3. The average Bonchev–Trinajstić information content (AvgIpc) is 2.86. The van der Waals surface area contributed by atoms with Gasteiger partial charge in [0, 0.05) is 45.2 Å². The number of carbonyl (C=O) groups is 1. The number of hydrogen-bond donors (Lipinski definition) is 1. The van der Waals surface area contributed by atoms with Gasteiger partial charge in [-0.2, -0.15) is 13.2 Å². The molecule has 1 aliphatic heterocycles. The van der Waals surface area contributed by atoms with Crippen molar-refractivity contribution < 1.29 is 32.2 Å². The number of hydrogen-bond acceptors (Lipinski definition) is 4. The summed E-state index contributed by atoms with van der Waals surface area (Å²) in [7, 11) is 1.36. The van der Waals surface area contributed by atoms with Gasteiger partial charge in [-0.05, 0) is 36.5 Å². The van der Waals surface area contributed by atoms with Crippen LogP contribution in [-0.4, -0.2) is 72.4 Å². The van der Waals surface area contributed by atoms with Gasteiger partial charge in [-0.15, -0.1) is 0 Å². The van der Waals surface area contributed by atoms with Gasteiger partial charge >= 0.3 is 6.18 Å². The Labute approximate surface area is 174 Å². The van der Waals surface area contributed by atoms with E-state index in [1.807, 2.05) is 0 Å². The van der Waals surface area contributed by atoms with Crippen LogP contribution in [0.3, 0.4) is 0 Å². The molecule has 1 aromatic rings. The van der Waals surface area contributed by atoms with Crippen LogP contribution in [-0.2, 0) is 10.2 Å². The standard InChI is InChI=1S/C21H30F4N2O3/c1-15(28)27-9-5-8-26(10-11-27)14-20(29,21(23,24)25)13-19(2,3)17-12-16(22)6-7-18(17)30-4/h6-7,12,29H,5,8-11,13-14H2,1-4H3. The van der Waals surface area contributed by atoms with Gasteiger partial charge in [-0.3, -0.25) is 9.69 Å². The SMILES string of the molecule is COc1ccc(F)cc1C(C)(C)CC(O)(CN1CCCN(C(C)=O)CC1)C(F)(F)F. The molecule has 1 unspecified atom stereocenters. The number of carbonyl (C=O) groups excluding carboxylic acids is 1. The third-order valence-electron chi connectivity index (χ3n) is 5.67. The van der Waals surface area contributed by atoms with Gasteiger partial charge in [0.2, 0.25) is 5.91 Å². The molecule has 0 saturated carbocycles. The first kappa shape index (κ1) is 24.4. The normalized spacial score (nSPS) is 18.6. The quantitative estimate of drug-likeness (QED) is 0.698. The Kier molecular flexibility index (Phi) is 7.40. The first-order chi connectivity index (χ1) is 13.8. The molecule has 5 nitrogen and oxygen atoms in total. The minimum absolute atomic E-state index is 0.123. The van der Waals surface area contributed by atoms with Gasteiger partial charge in [0.15, 0.2) is 5.60 Å². The Balaban J connectivity index is 2.29. The number of β-amino-alcohol motifs (C(OH)–C–C–N with tert-alkyl or cyclic N) is 1. The number of halogens is 4. The maximum Gasteiger partial charge on any atom is 0.418 e. The Morgan fingerprint density at radius 2 is 1.83 bits per heavy atom. The number of alkyl halides is 3. The number of nitrogens with zero attached hydrogens (tertiary/aromatic N) is 2. The van der Waals surface area contributed by atoms with Crippen LogP contribution in [0.25, 0.3) is 0 Å². The molecule has 30 heavy (non-hydrogen) atoms. The molecule has 0 bridgehead atoms. The lowest BCUT2D eigenvalue weighted by molar-refractivity contribution is -0.271. The van der Waals surface area contributed by atoms with Gasteiger partial charge in [-0.25, -0.2) is 4.39 Å². The van der Waals surface area contributed by atoms with Gasteiger partial charge in [0.1, 0.15) is 11.6 Å². The highest BCUT2D eigenvalue weighted by Crippen LogP contribution is 2.44. The van der Waals surface area contributed by atoms with E-state index in [2.05, 4.69) is 0 Å². The molecule has 0 spiro atoms. The second kappa shape index (κ2) is 9.09. The number of ether oxygens (including phenoxy) is 1. The average molecular weight is 434 g/mol. The van der Waals surface area contributed by atoms with Crippen LogP contribution >= 0.6 is 0 Å². The second-order valence-corrected chi connectivity index (χ2v) is 8.57. The zero-order valence-corrected chi connectivity index (χ0v) is 17.9.